The van der Waals surface area contributed by atoms with Crippen molar-refractivity contribution in [1.82, 2.24) is 0 Å². The molecule has 0 saturated carbocycles. The molecule has 618 valence electrons. The molecule has 0 aromatic heterocycles. The number of rotatable bonds is 84. The summed E-state index contributed by atoms with van der Waals surface area (Å²) in [5.74, 6) is -0.510. The monoisotopic (exact) mass is 1520 g/mol. The summed E-state index contributed by atoms with van der Waals surface area (Å²) >= 11 is 0. The van der Waals surface area contributed by atoms with Crippen molar-refractivity contribution in [2.75, 3.05) is 39.6 Å². The van der Waals surface area contributed by atoms with Gasteiger partial charge in [0.15, 0.2) is 12.2 Å². The Labute approximate surface area is 638 Å². The van der Waals surface area contributed by atoms with Crippen molar-refractivity contribution in [2.45, 2.75) is 471 Å². The quantitative estimate of drug-likeness (QED) is 0.0222. The van der Waals surface area contributed by atoms with Crippen molar-refractivity contribution in [2.24, 2.45) is 11.8 Å². The highest BCUT2D eigenvalue weighted by molar-refractivity contribution is 7.47. The number of phosphoric acid groups is 2. The van der Waals surface area contributed by atoms with Gasteiger partial charge >= 0.3 is 39.5 Å². The fraction of sp³-hybridized carbons (Fsp3) is 0.953. The zero-order valence-corrected chi connectivity index (χ0v) is 70.1. The van der Waals surface area contributed by atoms with Crippen LogP contribution >= 0.6 is 15.6 Å². The standard InChI is InChI=1S/C85H166O17P2/c1-7-9-11-13-15-16-17-18-19-20-21-22-23-24-25-30-35-40-45-51-57-63-69-85(90)102-81(74-96-83(88)68-62-56-50-44-39-34-29-27-26-28-32-37-42-48-53-59-65-77(3)4)76-100-104(93,94)98-72-79(86)71-97-103(91,92)99-75-80(73-95-82(87)67-61-55-47-14-12-10-8-2)101-84(89)70-64-58-52-46-41-36-31-33-38-43-49-54-60-66-78(5)6/h77-81,86H,7-76H2,1-6H3,(H,91,92)(H,93,94)/t79-,80+,81+/m0/s1. The molecule has 5 atom stereocenters. The van der Waals surface area contributed by atoms with Crippen molar-refractivity contribution >= 4 is 39.5 Å². The first kappa shape index (κ1) is 102. The van der Waals surface area contributed by atoms with Crippen LogP contribution in [0.2, 0.25) is 0 Å². The molecule has 0 aromatic carbocycles. The lowest BCUT2D eigenvalue weighted by molar-refractivity contribution is -0.161. The summed E-state index contributed by atoms with van der Waals surface area (Å²) in [5.41, 5.74) is 0. The van der Waals surface area contributed by atoms with Crippen LogP contribution in [0.4, 0.5) is 0 Å². The summed E-state index contributed by atoms with van der Waals surface area (Å²) in [6, 6.07) is 0. The molecule has 0 fully saturated rings. The second-order valence-electron chi connectivity index (χ2n) is 31.5. The van der Waals surface area contributed by atoms with E-state index in [0.717, 1.165) is 115 Å². The maximum Gasteiger partial charge on any atom is 0.472 e. The van der Waals surface area contributed by atoms with Gasteiger partial charge in [-0.1, -0.05) is 401 Å². The Hall–Kier alpha value is -1.94. The molecular formula is C85H166O17P2. The van der Waals surface area contributed by atoms with Gasteiger partial charge in [0.1, 0.15) is 19.3 Å². The van der Waals surface area contributed by atoms with Crippen LogP contribution in [0, 0.1) is 11.8 Å². The SMILES string of the molecule is CCCCCCCCCCCCCCCCCCCCCCCCC(=O)O[C@H](COC(=O)CCCCCCCCCCCCCCCCCCC(C)C)COP(=O)(O)OC[C@@H](O)COP(=O)(O)OC[C@@H](COC(=O)CCCCCCCCC)OC(=O)CCCCCCCCCCCCCCCC(C)C. The Morgan fingerprint density at radius 2 is 0.442 bits per heavy atom. The molecule has 19 heteroatoms. The average Bonchev–Trinajstić information content (AvgIpc) is 0.927. The molecule has 0 aliphatic heterocycles. The van der Waals surface area contributed by atoms with E-state index in [1.807, 2.05) is 0 Å². The van der Waals surface area contributed by atoms with Crippen LogP contribution in [0.5, 0.6) is 0 Å². The first-order valence-electron chi connectivity index (χ1n) is 44.0. The number of unbranched alkanes of at least 4 members (excludes halogenated alkanes) is 54. The summed E-state index contributed by atoms with van der Waals surface area (Å²) in [7, 11) is -9.92. The molecule has 2 unspecified atom stereocenters. The van der Waals surface area contributed by atoms with Crippen LogP contribution in [-0.4, -0.2) is 96.7 Å². The second kappa shape index (κ2) is 76.4. The molecule has 0 aliphatic carbocycles. The number of esters is 4. The van der Waals surface area contributed by atoms with Gasteiger partial charge in [-0.25, -0.2) is 9.13 Å². The van der Waals surface area contributed by atoms with Crippen LogP contribution < -0.4 is 0 Å². The number of phosphoric ester groups is 2. The number of hydrogen-bond acceptors (Lipinski definition) is 15. The largest absolute Gasteiger partial charge is 0.472 e. The van der Waals surface area contributed by atoms with E-state index >= 15 is 0 Å². The van der Waals surface area contributed by atoms with Crippen molar-refractivity contribution in [3.8, 4) is 0 Å². The number of carbonyl (C=O) groups is 4. The first-order chi connectivity index (χ1) is 50.4. The summed E-state index contributed by atoms with van der Waals surface area (Å²) < 4.78 is 68.7. The van der Waals surface area contributed by atoms with Crippen molar-refractivity contribution in [1.29, 1.82) is 0 Å². The highest BCUT2D eigenvalue weighted by Gasteiger charge is 2.30. The zero-order chi connectivity index (χ0) is 76.4. The van der Waals surface area contributed by atoms with Gasteiger partial charge in [0.25, 0.3) is 0 Å². The topological polar surface area (TPSA) is 237 Å². The lowest BCUT2D eigenvalue weighted by Gasteiger charge is -2.21. The molecule has 0 aromatic rings. The Morgan fingerprint density at radius 1 is 0.260 bits per heavy atom. The molecule has 17 nitrogen and oxygen atoms in total. The van der Waals surface area contributed by atoms with Gasteiger partial charge in [0.05, 0.1) is 26.4 Å². The Bertz CT molecular complexity index is 1990. The summed E-state index contributed by atoms with van der Waals surface area (Å²) in [6.45, 7) is 9.66. The molecule has 0 bridgehead atoms. The molecule has 3 N–H and O–H groups in total. The molecule has 104 heavy (non-hydrogen) atoms. The van der Waals surface area contributed by atoms with E-state index in [0.29, 0.717) is 25.7 Å². The highest BCUT2D eigenvalue weighted by Crippen LogP contribution is 2.45. The van der Waals surface area contributed by atoms with E-state index in [2.05, 4.69) is 41.5 Å². The molecule has 0 radical (unpaired) electrons. The van der Waals surface area contributed by atoms with Crippen LogP contribution in [0.1, 0.15) is 452 Å². The van der Waals surface area contributed by atoms with Crippen molar-refractivity contribution in [3.63, 3.8) is 0 Å². The average molecular weight is 1520 g/mol. The maximum absolute atomic E-state index is 13.1. The molecule has 0 spiro atoms. The summed E-state index contributed by atoms with van der Waals surface area (Å²) in [6.07, 6.45) is 68.3. The fourth-order valence-electron chi connectivity index (χ4n) is 13.2. The van der Waals surface area contributed by atoms with Gasteiger partial charge in [-0.3, -0.25) is 37.3 Å². The van der Waals surface area contributed by atoms with E-state index < -0.39 is 97.5 Å². The number of carbonyl (C=O) groups excluding carboxylic acids is 4. The number of aliphatic hydroxyl groups is 1. The number of aliphatic hydroxyl groups excluding tert-OH is 1. The molecule has 0 aliphatic rings. The lowest BCUT2D eigenvalue weighted by atomic mass is 10.0. The maximum atomic E-state index is 13.1. The first-order valence-corrected chi connectivity index (χ1v) is 47.0. The van der Waals surface area contributed by atoms with Crippen LogP contribution in [0.3, 0.4) is 0 Å². The molecule has 0 rings (SSSR count). The van der Waals surface area contributed by atoms with E-state index in [4.69, 9.17) is 37.0 Å². The van der Waals surface area contributed by atoms with Crippen LogP contribution in [0.25, 0.3) is 0 Å². The number of ether oxygens (including phenoxy) is 4. The third-order valence-electron chi connectivity index (χ3n) is 20.0. The number of hydrogen-bond donors (Lipinski definition) is 3. The predicted molar refractivity (Wildman–Crippen MR) is 428 cm³/mol. The Morgan fingerprint density at radius 3 is 0.654 bits per heavy atom. The van der Waals surface area contributed by atoms with Crippen molar-refractivity contribution in [3.05, 3.63) is 0 Å². The van der Waals surface area contributed by atoms with Crippen LogP contribution in [0.15, 0.2) is 0 Å². The second-order valence-corrected chi connectivity index (χ2v) is 34.4. The zero-order valence-electron chi connectivity index (χ0n) is 68.3. The van der Waals surface area contributed by atoms with E-state index in [1.54, 1.807) is 0 Å². The smallest absolute Gasteiger partial charge is 0.462 e. The fourth-order valence-corrected chi connectivity index (χ4v) is 14.8. The molecule has 0 heterocycles. The minimum atomic E-state index is -4.96. The van der Waals surface area contributed by atoms with Crippen LogP contribution in [-0.2, 0) is 65.4 Å². The van der Waals surface area contributed by atoms with Gasteiger partial charge in [-0.15, -0.1) is 0 Å². The van der Waals surface area contributed by atoms with Gasteiger partial charge in [-0.05, 0) is 37.5 Å². The lowest BCUT2D eigenvalue weighted by Crippen LogP contribution is -2.30. The van der Waals surface area contributed by atoms with E-state index in [-0.39, 0.29) is 25.7 Å². The molecule has 0 amide bonds. The van der Waals surface area contributed by atoms with E-state index in [1.165, 1.54) is 257 Å². The molecular weight excluding hydrogens is 1350 g/mol. The Kier molecular flexibility index (Phi) is 75.0. The minimum Gasteiger partial charge on any atom is -0.462 e. The summed E-state index contributed by atoms with van der Waals surface area (Å²) in [4.78, 5) is 73.0. The van der Waals surface area contributed by atoms with Gasteiger partial charge < -0.3 is 33.8 Å². The predicted octanol–water partition coefficient (Wildman–Crippen LogP) is 25.8. The van der Waals surface area contributed by atoms with Gasteiger partial charge in [0, 0.05) is 25.7 Å². The van der Waals surface area contributed by atoms with Gasteiger partial charge in [-0.2, -0.15) is 0 Å². The Balaban J connectivity index is 5.16. The van der Waals surface area contributed by atoms with E-state index in [9.17, 15) is 43.2 Å². The van der Waals surface area contributed by atoms with Crippen molar-refractivity contribution < 1.29 is 80.2 Å². The highest BCUT2D eigenvalue weighted by atomic mass is 31.2. The normalized spacial score (nSPS) is 13.8. The minimum absolute atomic E-state index is 0.107. The molecule has 0 saturated heterocycles. The summed E-state index contributed by atoms with van der Waals surface area (Å²) in [5, 5.41) is 10.6. The third-order valence-corrected chi connectivity index (χ3v) is 21.9. The van der Waals surface area contributed by atoms with Gasteiger partial charge in [0.2, 0.25) is 0 Å². The third kappa shape index (κ3) is 78.2.